The molecule has 0 aliphatic heterocycles. The average molecular weight is 318 g/mol. The van der Waals surface area contributed by atoms with Gasteiger partial charge in [-0.3, -0.25) is 0 Å². The lowest BCUT2D eigenvalue weighted by atomic mass is 9.83. The molecule has 1 aliphatic carbocycles. The van der Waals surface area contributed by atoms with Gasteiger partial charge in [-0.05, 0) is 37.1 Å². The van der Waals surface area contributed by atoms with E-state index in [-0.39, 0.29) is 13.1 Å². The van der Waals surface area contributed by atoms with Crippen molar-refractivity contribution < 1.29 is 17.2 Å². The van der Waals surface area contributed by atoms with Gasteiger partial charge in [-0.25, -0.2) is 21.9 Å². The van der Waals surface area contributed by atoms with E-state index in [0.29, 0.717) is 11.5 Å². The van der Waals surface area contributed by atoms with Crippen LogP contribution >= 0.6 is 0 Å². The Labute approximate surface area is 124 Å². The normalized spacial score (nSPS) is 16.0. The summed E-state index contributed by atoms with van der Waals surface area (Å²) in [7, 11) is -2.38. The van der Waals surface area contributed by atoms with Gasteiger partial charge >= 0.3 is 0 Å². The van der Waals surface area contributed by atoms with Crippen LogP contribution in [0.4, 0.5) is 8.78 Å². The minimum atomic E-state index is -4.03. The second-order valence-electron chi connectivity index (χ2n) is 5.40. The van der Waals surface area contributed by atoms with Gasteiger partial charge in [-0.1, -0.05) is 19.3 Å². The first-order valence-corrected chi connectivity index (χ1v) is 8.54. The summed E-state index contributed by atoms with van der Waals surface area (Å²) in [4.78, 5) is -0.624. The van der Waals surface area contributed by atoms with Crippen molar-refractivity contribution in [2.45, 2.75) is 37.1 Å². The Morgan fingerprint density at radius 2 is 2.00 bits per heavy atom. The number of sulfonamides is 1. The van der Waals surface area contributed by atoms with Crippen LogP contribution in [0.5, 0.6) is 0 Å². The Morgan fingerprint density at radius 1 is 1.29 bits per heavy atom. The highest BCUT2D eigenvalue weighted by Gasteiger charge is 2.24. The summed E-state index contributed by atoms with van der Waals surface area (Å²) >= 11 is 0. The second-order valence-corrected chi connectivity index (χ2v) is 7.14. The Morgan fingerprint density at radius 3 is 2.57 bits per heavy atom. The highest BCUT2D eigenvalue weighted by molar-refractivity contribution is 7.89. The molecule has 0 atom stereocenters. The SMILES string of the molecule is CNCc1cc(F)c(F)c(S(=O)(=O)NCCC2CCC2)c1. The van der Waals surface area contributed by atoms with Crippen molar-refractivity contribution in [3.63, 3.8) is 0 Å². The fourth-order valence-corrected chi connectivity index (χ4v) is 3.56. The zero-order chi connectivity index (χ0) is 15.5. The summed E-state index contributed by atoms with van der Waals surface area (Å²) in [6.45, 7) is 0.520. The van der Waals surface area contributed by atoms with Crippen LogP contribution < -0.4 is 10.0 Å². The Kier molecular flexibility index (Phi) is 5.29. The maximum absolute atomic E-state index is 13.8. The van der Waals surface area contributed by atoms with Gasteiger partial charge in [0.25, 0.3) is 0 Å². The van der Waals surface area contributed by atoms with E-state index in [0.717, 1.165) is 25.3 Å². The maximum Gasteiger partial charge on any atom is 0.243 e. The molecule has 118 valence electrons. The quantitative estimate of drug-likeness (QED) is 0.810. The molecule has 0 aromatic heterocycles. The lowest BCUT2D eigenvalue weighted by molar-refractivity contribution is 0.297. The van der Waals surface area contributed by atoms with E-state index in [2.05, 4.69) is 10.0 Å². The summed E-state index contributed by atoms with van der Waals surface area (Å²) < 4.78 is 53.9. The van der Waals surface area contributed by atoms with Gasteiger partial charge in [0.2, 0.25) is 10.0 Å². The summed E-state index contributed by atoms with van der Waals surface area (Å²) in [5.41, 5.74) is 0.385. The van der Waals surface area contributed by atoms with Crippen molar-refractivity contribution in [2.24, 2.45) is 5.92 Å². The first-order valence-electron chi connectivity index (χ1n) is 7.06. The van der Waals surface area contributed by atoms with E-state index >= 15 is 0 Å². The standard InChI is InChI=1S/C14H20F2N2O2S/c1-17-9-11-7-12(15)14(16)13(8-11)21(19,20)18-6-5-10-3-2-4-10/h7-8,10,17-18H,2-6,9H2,1H3. The number of benzene rings is 1. The van der Waals surface area contributed by atoms with Gasteiger partial charge in [0.05, 0.1) is 0 Å². The number of halogens is 2. The van der Waals surface area contributed by atoms with Crippen molar-refractivity contribution in [1.29, 1.82) is 0 Å². The molecule has 1 aromatic carbocycles. The third kappa shape index (κ3) is 3.99. The number of hydrogen-bond donors (Lipinski definition) is 2. The van der Waals surface area contributed by atoms with E-state index in [1.54, 1.807) is 7.05 Å². The smallest absolute Gasteiger partial charge is 0.243 e. The van der Waals surface area contributed by atoms with Crippen molar-refractivity contribution in [1.82, 2.24) is 10.0 Å². The summed E-state index contributed by atoms with van der Waals surface area (Å²) in [5, 5.41) is 2.78. The Bertz CT molecular complexity index is 601. The molecular formula is C14H20F2N2O2S. The van der Waals surface area contributed by atoms with E-state index in [4.69, 9.17) is 0 Å². The zero-order valence-corrected chi connectivity index (χ0v) is 12.8. The summed E-state index contributed by atoms with van der Waals surface area (Å²) in [5.74, 6) is -1.93. The van der Waals surface area contributed by atoms with E-state index in [1.165, 1.54) is 12.5 Å². The van der Waals surface area contributed by atoms with Crippen LogP contribution in [0.2, 0.25) is 0 Å². The molecule has 21 heavy (non-hydrogen) atoms. The van der Waals surface area contributed by atoms with E-state index < -0.39 is 26.6 Å². The third-order valence-electron chi connectivity index (χ3n) is 3.79. The van der Waals surface area contributed by atoms with Gasteiger partial charge < -0.3 is 5.32 Å². The Hall–Kier alpha value is -1.05. The molecule has 1 saturated carbocycles. The van der Waals surface area contributed by atoms with Crippen molar-refractivity contribution >= 4 is 10.0 Å². The first-order chi connectivity index (χ1) is 9.94. The van der Waals surface area contributed by atoms with Gasteiger partial charge in [0.1, 0.15) is 4.90 Å². The van der Waals surface area contributed by atoms with Crippen LogP contribution in [0.25, 0.3) is 0 Å². The molecule has 7 heteroatoms. The highest BCUT2D eigenvalue weighted by Crippen LogP contribution is 2.29. The molecule has 2 rings (SSSR count). The monoisotopic (exact) mass is 318 g/mol. The largest absolute Gasteiger partial charge is 0.316 e. The lowest BCUT2D eigenvalue weighted by Gasteiger charge is -2.25. The number of hydrogen-bond acceptors (Lipinski definition) is 3. The molecule has 4 nitrogen and oxygen atoms in total. The van der Waals surface area contributed by atoms with Crippen molar-refractivity contribution in [2.75, 3.05) is 13.6 Å². The molecule has 0 heterocycles. The highest BCUT2D eigenvalue weighted by atomic mass is 32.2. The van der Waals surface area contributed by atoms with Crippen LogP contribution in [-0.2, 0) is 16.6 Å². The van der Waals surface area contributed by atoms with Crippen LogP contribution in [0, 0.1) is 17.6 Å². The minimum absolute atomic E-state index is 0.254. The topological polar surface area (TPSA) is 58.2 Å². The van der Waals surface area contributed by atoms with Crippen LogP contribution in [0.3, 0.4) is 0 Å². The summed E-state index contributed by atoms with van der Waals surface area (Å²) in [6.07, 6.45) is 4.15. The summed E-state index contributed by atoms with van der Waals surface area (Å²) in [6, 6.07) is 2.17. The minimum Gasteiger partial charge on any atom is -0.316 e. The molecule has 0 amide bonds. The molecular weight excluding hydrogens is 298 g/mol. The van der Waals surface area contributed by atoms with Crippen molar-refractivity contribution in [3.05, 3.63) is 29.3 Å². The predicted molar refractivity (Wildman–Crippen MR) is 76.3 cm³/mol. The average Bonchev–Trinajstić information content (AvgIpc) is 2.36. The third-order valence-corrected chi connectivity index (χ3v) is 5.25. The van der Waals surface area contributed by atoms with Crippen LogP contribution in [0.15, 0.2) is 17.0 Å². The predicted octanol–water partition coefficient (Wildman–Crippen LogP) is 2.15. The fraction of sp³-hybridized carbons (Fsp3) is 0.571. The van der Waals surface area contributed by atoms with Crippen LogP contribution in [-0.4, -0.2) is 22.0 Å². The van der Waals surface area contributed by atoms with Crippen molar-refractivity contribution in [3.8, 4) is 0 Å². The fourth-order valence-electron chi connectivity index (χ4n) is 2.38. The van der Waals surface area contributed by atoms with Gasteiger partial charge in [0, 0.05) is 13.1 Å². The van der Waals surface area contributed by atoms with E-state index in [1.807, 2.05) is 0 Å². The van der Waals surface area contributed by atoms with Gasteiger partial charge in [-0.15, -0.1) is 0 Å². The Balaban J connectivity index is 2.13. The number of nitrogens with one attached hydrogen (secondary N) is 2. The number of rotatable bonds is 7. The molecule has 0 unspecified atom stereocenters. The molecule has 2 N–H and O–H groups in total. The molecule has 0 saturated heterocycles. The van der Waals surface area contributed by atoms with Crippen LogP contribution in [0.1, 0.15) is 31.2 Å². The molecule has 1 aromatic rings. The zero-order valence-electron chi connectivity index (χ0n) is 12.0. The molecule has 1 fully saturated rings. The maximum atomic E-state index is 13.8. The van der Waals surface area contributed by atoms with Gasteiger partial charge in [0.15, 0.2) is 11.6 Å². The first kappa shape index (κ1) is 16.3. The molecule has 0 bridgehead atoms. The molecule has 0 radical (unpaired) electrons. The molecule has 1 aliphatic rings. The molecule has 0 spiro atoms. The van der Waals surface area contributed by atoms with Gasteiger partial charge in [-0.2, -0.15) is 0 Å². The second kappa shape index (κ2) is 6.81. The lowest BCUT2D eigenvalue weighted by Crippen LogP contribution is -2.28. The van der Waals surface area contributed by atoms with E-state index in [9.17, 15) is 17.2 Å².